The van der Waals surface area contributed by atoms with Gasteiger partial charge in [-0.05, 0) is 0 Å². The van der Waals surface area contributed by atoms with Gasteiger partial charge in [-0.3, -0.25) is 4.84 Å². The van der Waals surface area contributed by atoms with E-state index in [-0.39, 0.29) is 6.54 Å². The van der Waals surface area contributed by atoms with Crippen molar-refractivity contribution in [2.24, 2.45) is 11.5 Å². The third-order valence-corrected chi connectivity index (χ3v) is 0.454. The molecule has 6 heteroatoms. The molecule has 0 aliphatic heterocycles. The van der Waals surface area contributed by atoms with Crippen LogP contribution in [0.15, 0.2) is 0 Å². The van der Waals surface area contributed by atoms with Crippen molar-refractivity contribution in [1.82, 2.24) is 0 Å². The van der Waals surface area contributed by atoms with Gasteiger partial charge in [0, 0.05) is 6.54 Å². The molecule has 1 unspecified atom stereocenters. The summed E-state index contributed by atoms with van der Waals surface area (Å²) in [5.74, 6) is 0. The van der Waals surface area contributed by atoms with Gasteiger partial charge in [0.25, 0.3) is 5.09 Å². The van der Waals surface area contributed by atoms with Crippen molar-refractivity contribution in [1.29, 1.82) is 0 Å². The number of nitrogens with two attached hydrogens (primary N) is 2. The largest absolute Gasteiger partial charge is 0.327 e. The van der Waals surface area contributed by atoms with Crippen LogP contribution in [0.2, 0.25) is 0 Å². The van der Waals surface area contributed by atoms with Crippen molar-refractivity contribution in [3.8, 4) is 0 Å². The van der Waals surface area contributed by atoms with Gasteiger partial charge in [-0.15, -0.1) is 10.1 Å². The first-order valence-electron chi connectivity index (χ1n) is 1.93. The van der Waals surface area contributed by atoms with Crippen LogP contribution in [0, 0.1) is 10.1 Å². The Kier molecular flexibility index (Phi) is 2.82. The molecule has 0 aliphatic rings. The summed E-state index contributed by atoms with van der Waals surface area (Å²) in [5, 5.41) is 8.44. The molecule has 8 heavy (non-hydrogen) atoms. The lowest BCUT2D eigenvalue weighted by molar-refractivity contribution is -0.767. The number of nitrogens with zero attached hydrogens (tertiary/aromatic N) is 1. The number of hydrogen-bond donors (Lipinski definition) is 2. The Bertz CT molecular complexity index is 84.6. The quantitative estimate of drug-likeness (QED) is 0.267. The van der Waals surface area contributed by atoms with Crippen LogP contribution in [0.3, 0.4) is 0 Å². The minimum Gasteiger partial charge on any atom is -0.327 e. The van der Waals surface area contributed by atoms with Gasteiger partial charge < -0.3 is 11.5 Å². The van der Waals surface area contributed by atoms with E-state index in [0.29, 0.717) is 0 Å². The van der Waals surface area contributed by atoms with Gasteiger partial charge >= 0.3 is 0 Å². The first kappa shape index (κ1) is 7.12. The minimum absolute atomic E-state index is 0.0546. The zero-order chi connectivity index (χ0) is 6.57. The second kappa shape index (κ2) is 3.16. The topological polar surface area (TPSA) is 104 Å². The van der Waals surface area contributed by atoms with E-state index in [1.807, 2.05) is 0 Å². The highest BCUT2D eigenvalue weighted by atomic mass is 17.0. The normalized spacial score (nSPS) is 12.8. The molecular formula is C2H7N3O3. The number of rotatable bonds is 3. The van der Waals surface area contributed by atoms with Crippen LogP contribution < -0.4 is 11.5 Å². The molecule has 6 nitrogen and oxygen atoms in total. The molecule has 4 N–H and O–H groups in total. The average molecular weight is 121 g/mol. The highest BCUT2D eigenvalue weighted by Gasteiger charge is 2.01. The van der Waals surface area contributed by atoms with Gasteiger partial charge in [-0.25, -0.2) is 0 Å². The summed E-state index contributed by atoms with van der Waals surface area (Å²) < 4.78 is 0. The molecule has 48 valence electrons. The van der Waals surface area contributed by atoms with E-state index >= 15 is 0 Å². The van der Waals surface area contributed by atoms with E-state index in [2.05, 4.69) is 4.84 Å². The Balaban J connectivity index is 3.24. The van der Waals surface area contributed by atoms with Crippen molar-refractivity contribution in [2.75, 3.05) is 6.54 Å². The van der Waals surface area contributed by atoms with Gasteiger partial charge in [0.2, 0.25) is 0 Å². The predicted molar refractivity (Wildman–Crippen MR) is 25.1 cm³/mol. The summed E-state index contributed by atoms with van der Waals surface area (Å²) in [6, 6.07) is 0. The zero-order valence-corrected chi connectivity index (χ0v) is 4.11. The first-order chi connectivity index (χ1) is 3.66. The van der Waals surface area contributed by atoms with Gasteiger partial charge in [0.05, 0.1) is 0 Å². The second-order valence-electron chi connectivity index (χ2n) is 1.10. The summed E-state index contributed by atoms with van der Waals surface area (Å²) in [7, 11) is 0. The van der Waals surface area contributed by atoms with Crippen LogP contribution in [0.1, 0.15) is 0 Å². The molecule has 0 bridgehead atoms. The zero-order valence-electron chi connectivity index (χ0n) is 4.11. The molecule has 0 aromatic rings. The van der Waals surface area contributed by atoms with Gasteiger partial charge in [0.15, 0.2) is 6.23 Å². The third kappa shape index (κ3) is 3.32. The molecule has 0 saturated heterocycles. The Morgan fingerprint density at radius 1 is 1.88 bits per heavy atom. The fourth-order valence-electron chi connectivity index (χ4n) is 0.154. The average Bonchev–Trinajstić information content (AvgIpc) is 1.65. The van der Waals surface area contributed by atoms with Crippen LogP contribution in [-0.4, -0.2) is 17.9 Å². The Hall–Kier alpha value is -0.880. The molecule has 1 atom stereocenters. The molecule has 0 fully saturated rings. The van der Waals surface area contributed by atoms with Gasteiger partial charge in [0.1, 0.15) is 0 Å². The fourth-order valence-corrected chi connectivity index (χ4v) is 0.154. The molecule has 0 saturated carbocycles. The van der Waals surface area contributed by atoms with E-state index in [4.69, 9.17) is 11.5 Å². The lowest BCUT2D eigenvalue weighted by Crippen LogP contribution is -2.34. The van der Waals surface area contributed by atoms with Crippen molar-refractivity contribution in [3.05, 3.63) is 10.1 Å². The van der Waals surface area contributed by atoms with Crippen LogP contribution in [0.4, 0.5) is 0 Å². The highest BCUT2D eigenvalue weighted by molar-refractivity contribution is 4.40. The van der Waals surface area contributed by atoms with Crippen LogP contribution in [0.5, 0.6) is 0 Å². The van der Waals surface area contributed by atoms with Gasteiger partial charge in [-0.2, -0.15) is 0 Å². The summed E-state index contributed by atoms with van der Waals surface area (Å²) in [6.45, 7) is -0.0546. The first-order valence-corrected chi connectivity index (χ1v) is 1.93. The molecule has 0 aliphatic carbocycles. The Morgan fingerprint density at radius 3 is 2.50 bits per heavy atom. The van der Waals surface area contributed by atoms with E-state index in [9.17, 15) is 10.1 Å². The molecule has 0 heterocycles. The SMILES string of the molecule is NCC(N)O[N+](=O)[O-]. The fraction of sp³-hybridized carbons (Fsp3) is 1.00. The summed E-state index contributed by atoms with van der Waals surface area (Å²) in [5.41, 5.74) is 9.75. The van der Waals surface area contributed by atoms with Gasteiger partial charge in [-0.1, -0.05) is 0 Å². The second-order valence-corrected chi connectivity index (χ2v) is 1.10. The molecular weight excluding hydrogens is 114 g/mol. The molecule has 0 rings (SSSR count). The standard InChI is InChI=1S/C2H7N3O3/c3-1-2(4)8-5(6)7/h2H,1,3-4H2. The molecule has 0 aromatic carbocycles. The molecule has 0 spiro atoms. The smallest absolute Gasteiger partial charge is 0.296 e. The van der Waals surface area contributed by atoms with E-state index < -0.39 is 11.3 Å². The van der Waals surface area contributed by atoms with Crippen LogP contribution in [-0.2, 0) is 4.84 Å². The summed E-state index contributed by atoms with van der Waals surface area (Å²) in [6.07, 6.45) is -0.995. The predicted octanol–water partition coefficient (Wildman–Crippen LogP) is -1.56. The van der Waals surface area contributed by atoms with Crippen molar-refractivity contribution < 1.29 is 9.92 Å². The van der Waals surface area contributed by atoms with E-state index in [1.54, 1.807) is 0 Å². The monoisotopic (exact) mass is 121 g/mol. The lowest BCUT2D eigenvalue weighted by atomic mass is 10.6. The maximum absolute atomic E-state index is 9.42. The van der Waals surface area contributed by atoms with Crippen LogP contribution in [0.25, 0.3) is 0 Å². The molecule has 0 radical (unpaired) electrons. The number of hydrogen-bond acceptors (Lipinski definition) is 5. The third-order valence-electron chi connectivity index (χ3n) is 0.454. The maximum atomic E-state index is 9.42. The molecule has 0 amide bonds. The van der Waals surface area contributed by atoms with Crippen molar-refractivity contribution >= 4 is 0 Å². The highest BCUT2D eigenvalue weighted by Crippen LogP contribution is 1.76. The summed E-state index contributed by atoms with van der Waals surface area (Å²) in [4.78, 5) is 13.2. The van der Waals surface area contributed by atoms with Crippen molar-refractivity contribution in [3.63, 3.8) is 0 Å². The molecule has 0 aromatic heterocycles. The van der Waals surface area contributed by atoms with E-state index in [0.717, 1.165) is 0 Å². The lowest BCUT2D eigenvalue weighted by Gasteiger charge is -2.02. The summed E-state index contributed by atoms with van der Waals surface area (Å²) >= 11 is 0. The Labute approximate surface area is 45.5 Å². The van der Waals surface area contributed by atoms with Crippen molar-refractivity contribution in [2.45, 2.75) is 6.23 Å². The van der Waals surface area contributed by atoms with E-state index in [1.165, 1.54) is 0 Å². The maximum Gasteiger partial charge on any atom is 0.296 e. The van der Waals surface area contributed by atoms with Crippen LogP contribution >= 0.6 is 0 Å². The Morgan fingerprint density at radius 2 is 2.38 bits per heavy atom. The minimum atomic E-state index is -0.995.